The third kappa shape index (κ3) is 4.53. The maximum absolute atomic E-state index is 10.7. The van der Waals surface area contributed by atoms with Gasteiger partial charge in [-0.3, -0.25) is 4.79 Å². The Bertz CT molecular complexity index is 674. The number of carbonyl (C=O) groups excluding carboxylic acids is 1. The van der Waals surface area contributed by atoms with Gasteiger partial charge in [-0.2, -0.15) is 0 Å². The van der Waals surface area contributed by atoms with Crippen molar-refractivity contribution in [3.63, 3.8) is 0 Å². The van der Waals surface area contributed by atoms with Crippen LogP contribution in [0, 0.1) is 13.8 Å². The number of benzene rings is 1. The number of aromatic nitrogens is 1. The van der Waals surface area contributed by atoms with Crippen LogP contribution in [0.3, 0.4) is 0 Å². The van der Waals surface area contributed by atoms with Crippen LogP contribution in [0.15, 0.2) is 30.3 Å². The summed E-state index contributed by atoms with van der Waals surface area (Å²) in [6.45, 7) is 5.76. The summed E-state index contributed by atoms with van der Waals surface area (Å²) in [4.78, 5) is 15.2. The molecule has 23 heavy (non-hydrogen) atoms. The van der Waals surface area contributed by atoms with E-state index in [1.54, 1.807) is 0 Å². The number of ether oxygens (including phenoxy) is 2. The molecule has 1 aromatic carbocycles. The van der Waals surface area contributed by atoms with Gasteiger partial charge in [-0.1, -0.05) is 18.2 Å². The van der Waals surface area contributed by atoms with E-state index in [0.29, 0.717) is 5.88 Å². The van der Waals surface area contributed by atoms with Gasteiger partial charge in [0.15, 0.2) is 0 Å². The molecule has 2 aromatic rings. The van der Waals surface area contributed by atoms with E-state index in [1.165, 1.54) is 6.92 Å². The monoisotopic (exact) mass is 315 g/mol. The second kappa shape index (κ2) is 7.74. The molecule has 122 valence electrons. The number of aliphatic hydroxyl groups is 1. The van der Waals surface area contributed by atoms with E-state index in [9.17, 15) is 9.90 Å². The van der Waals surface area contributed by atoms with Gasteiger partial charge < -0.3 is 14.6 Å². The number of hydrogen-bond acceptors (Lipinski definition) is 5. The molecule has 0 atom stereocenters. The van der Waals surface area contributed by atoms with Gasteiger partial charge >= 0.3 is 5.97 Å². The van der Waals surface area contributed by atoms with Gasteiger partial charge in [0.05, 0.1) is 6.61 Å². The first-order valence-corrected chi connectivity index (χ1v) is 7.46. The molecule has 0 unspecified atom stereocenters. The number of hydrogen-bond donors (Lipinski definition) is 1. The Morgan fingerprint density at radius 2 is 2.00 bits per heavy atom. The van der Waals surface area contributed by atoms with E-state index >= 15 is 0 Å². The number of rotatable bonds is 6. The van der Waals surface area contributed by atoms with E-state index in [4.69, 9.17) is 9.47 Å². The molecule has 0 saturated carbocycles. The van der Waals surface area contributed by atoms with Gasteiger partial charge in [0, 0.05) is 24.2 Å². The molecule has 1 heterocycles. The van der Waals surface area contributed by atoms with Crippen LogP contribution in [0.5, 0.6) is 5.88 Å². The average molecular weight is 315 g/mol. The van der Waals surface area contributed by atoms with Crippen LogP contribution in [-0.4, -0.2) is 29.3 Å². The second-order valence-corrected chi connectivity index (χ2v) is 5.28. The Morgan fingerprint density at radius 3 is 2.65 bits per heavy atom. The maximum atomic E-state index is 10.7. The molecule has 0 amide bonds. The average Bonchev–Trinajstić information content (AvgIpc) is 2.51. The van der Waals surface area contributed by atoms with Crippen molar-refractivity contribution in [2.45, 2.75) is 27.4 Å². The number of nitrogens with zero attached hydrogens (tertiary/aromatic N) is 1. The largest absolute Gasteiger partial charge is 0.474 e. The molecular weight excluding hydrogens is 294 g/mol. The molecule has 2 rings (SSSR count). The summed E-state index contributed by atoms with van der Waals surface area (Å²) >= 11 is 0. The zero-order valence-corrected chi connectivity index (χ0v) is 13.6. The lowest BCUT2D eigenvalue weighted by molar-refractivity contribution is -0.141. The van der Waals surface area contributed by atoms with Crippen LogP contribution in [0.25, 0.3) is 11.1 Å². The molecule has 0 spiro atoms. The van der Waals surface area contributed by atoms with Crippen LogP contribution < -0.4 is 4.74 Å². The quantitative estimate of drug-likeness (QED) is 0.656. The minimum absolute atomic E-state index is 0.0106. The van der Waals surface area contributed by atoms with Crippen molar-refractivity contribution in [3.05, 3.63) is 47.2 Å². The van der Waals surface area contributed by atoms with Gasteiger partial charge in [-0.25, -0.2) is 4.98 Å². The molecule has 1 aromatic heterocycles. The van der Waals surface area contributed by atoms with E-state index in [1.807, 2.05) is 44.2 Å². The van der Waals surface area contributed by atoms with Crippen LogP contribution in [0.2, 0.25) is 0 Å². The van der Waals surface area contributed by atoms with Crippen LogP contribution in [0.4, 0.5) is 0 Å². The van der Waals surface area contributed by atoms with E-state index in [2.05, 4.69) is 4.98 Å². The van der Waals surface area contributed by atoms with Crippen molar-refractivity contribution >= 4 is 5.97 Å². The standard InChI is InChI=1S/C18H21NO4/c1-12-9-17(23-8-7-22-14(3)21)19-13(2)18(12)16-6-4-5-15(10-16)11-20/h4-6,9-10,20H,7-8,11H2,1-3H3. The van der Waals surface area contributed by atoms with Crippen molar-refractivity contribution < 1.29 is 19.4 Å². The Labute approximate surface area is 135 Å². The molecule has 0 aliphatic rings. The predicted molar refractivity (Wildman–Crippen MR) is 87.2 cm³/mol. The number of aryl methyl sites for hydroxylation is 2. The highest BCUT2D eigenvalue weighted by molar-refractivity contribution is 5.70. The summed E-state index contributed by atoms with van der Waals surface area (Å²) in [5.41, 5.74) is 4.80. The normalized spacial score (nSPS) is 10.4. The molecule has 5 heteroatoms. The fourth-order valence-corrected chi connectivity index (χ4v) is 2.46. The van der Waals surface area contributed by atoms with Crippen molar-refractivity contribution in [1.82, 2.24) is 4.98 Å². The van der Waals surface area contributed by atoms with Crippen molar-refractivity contribution in [1.29, 1.82) is 0 Å². The second-order valence-electron chi connectivity index (χ2n) is 5.28. The lowest BCUT2D eigenvalue weighted by Crippen LogP contribution is -2.10. The van der Waals surface area contributed by atoms with Gasteiger partial charge in [-0.15, -0.1) is 0 Å². The molecule has 5 nitrogen and oxygen atoms in total. The highest BCUT2D eigenvalue weighted by Gasteiger charge is 2.10. The first-order chi connectivity index (χ1) is 11.0. The Morgan fingerprint density at radius 1 is 1.22 bits per heavy atom. The Hall–Kier alpha value is -2.40. The zero-order valence-electron chi connectivity index (χ0n) is 13.6. The van der Waals surface area contributed by atoms with Crippen molar-refractivity contribution in [2.75, 3.05) is 13.2 Å². The SMILES string of the molecule is CC(=O)OCCOc1cc(C)c(-c2cccc(CO)c2)c(C)n1. The third-order valence-electron chi connectivity index (χ3n) is 3.41. The Balaban J connectivity index is 2.18. The summed E-state index contributed by atoms with van der Waals surface area (Å²) in [5.74, 6) is 0.183. The number of aliphatic hydroxyl groups excluding tert-OH is 1. The van der Waals surface area contributed by atoms with Gasteiger partial charge in [0.1, 0.15) is 13.2 Å². The van der Waals surface area contributed by atoms with Crippen LogP contribution >= 0.6 is 0 Å². The minimum Gasteiger partial charge on any atom is -0.474 e. The molecule has 0 saturated heterocycles. The van der Waals surface area contributed by atoms with Crippen LogP contribution in [-0.2, 0) is 16.1 Å². The first-order valence-electron chi connectivity index (χ1n) is 7.46. The molecule has 0 fully saturated rings. The fourth-order valence-electron chi connectivity index (χ4n) is 2.46. The fraction of sp³-hybridized carbons (Fsp3) is 0.333. The predicted octanol–water partition coefficient (Wildman–Crippen LogP) is 2.80. The van der Waals surface area contributed by atoms with Crippen LogP contribution in [0.1, 0.15) is 23.7 Å². The summed E-state index contributed by atoms with van der Waals surface area (Å²) < 4.78 is 10.4. The summed E-state index contributed by atoms with van der Waals surface area (Å²) in [6.07, 6.45) is 0. The first kappa shape index (κ1) is 17.0. The van der Waals surface area contributed by atoms with Gasteiger partial charge in [-0.05, 0) is 36.6 Å². The third-order valence-corrected chi connectivity index (χ3v) is 3.41. The smallest absolute Gasteiger partial charge is 0.302 e. The molecule has 0 aliphatic heterocycles. The minimum atomic E-state index is -0.326. The summed E-state index contributed by atoms with van der Waals surface area (Å²) in [7, 11) is 0. The van der Waals surface area contributed by atoms with E-state index < -0.39 is 0 Å². The molecule has 0 bridgehead atoms. The number of carbonyl (C=O) groups is 1. The highest BCUT2D eigenvalue weighted by atomic mass is 16.6. The Kier molecular flexibility index (Phi) is 5.71. The lowest BCUT2D eigenvalue weighted by atomic mass is 9.98. The van der Waals surface area contributed by atoms with Gasteiger partial charge in [0.25, 0.3) is 0 Å². The number of pyridine rings is 1. The summed E-state index contributed by atoms with van der Waals surface area (Å²) in [5, 5.41) is 9.28. The lowest BCUT2D eigenvalue weighted by Gasteiger charge is -2.13. The van der Waals surface area contributed by atoms with Crippen molar-refractivity contribution in [3.8, 4) is 17.0 Å². The molecule has 0 radical (unpaired) electrons. The zero-order chi connectivity index (χ0) is 16.8. The summed E-state index contributed by atoms with van der Waals surface area (Å²) in [6, 6.07) is 9.62. The highest BCUT2D eigenvalue weighted by Crippen LogP contribution is 2.29. The van der Waals surface area contributed by atoms with Gasteiger partial charge in [0.2, 0.25) is 5.88 Å². The van der Waals surface area contributed by atoms with E-state index in [-0.39, 0.29) is 25.8 Å². The molecule has 1 N–H and O–H groups in total. The number of esters is 1. The van der Waals surface area contributed by atoms with E-state index in [0.717, 1.165) is 27.9 Å². The van der Waals surface area contributed by atoms with Crippen molar-refractivity contribution in [2.24, 2.45) is 0 Å². The topological polar surface area (TPSA) is 68.7 Å². The molecule has 0 aliphatic carbocycles. The maximum Gasteiger partial charge on any atom is 0.302 e. The molecular formula is C18H21NO4.